The van der Waals surface area contributed by atoms with Gasteiger partial charge in [0.1, 0.15) is 5.82 Å². The van der Waals surface area contributed by atoms with Crippen molar-refractivity contribution in [2.75, 3.05) is 13.1 Å². The summed E-state index contributed by atoms with van der Waals surface area (Å²) < 4.78 is 13.3. The zero-order valence-electron chi connectivity index (χ0n) is 8.80. The van der Waals surface area contributed by atoms with Crippen molar-refractivity contribution in [3.05, 3.63) is 34.6 Å². The van der Waals surface area contributed by atoms with Gasteiger partial charge in [0.2, 0.25) is 0 Å². The Labute approximate surface area is 98.8 Å². The van der Waals surface area contributed by atoms with E-state index in [0.717, 1.165) is 18.9 Å². The highest BCUT2D eigenvalue weighted by Crippen LogP contribution is 2.14. The monoisotopic (exact) mass is 244 g/mol. The average molecular weight is 245 g/mol. The molecule has 3 nitrogen and oxygen atoms in total. The summed E-state index contributed by atoms with van der Waals surface area (Å²) in [5.41, 5.74) is 5.32. The lowest BCUT2D eigenvalue weighted by molar-refractivity contribution is 0.0949. The summed E-state index contributed by atoms with van der Waals surface area (Å²) in [7, 11) is 0. The third-order valence-corrected chi connectivity index (χ3v) is 2.33. The normalized spacial score (nSPS) is 10.2. The molecule has 0 atom stereocenters. The second kappa shape index (κ2) is 6.45. The molecule has 0 heterocycles. The summed E-state index contributed by atoms with van der Waals surface area (Å²) in [6.07, 6.45) is 1.63. The fourth-order valence-electron chi connectivity index (χ4n) is 1.24. The predicted molar refractivity (Wildman–Crippen MR) is 62.0 cm³/mol. The molecular formula is C11H14ClFN2O. The van der Waals surface area contributed by atoms with Crippen LogP contribution < -0.4 is 11.1 Å². The number of unbranched alkanes of at least 4 members (excludes halogenated alkanes) is 1. The number of amides is 1. The number of benzene rings is 1. The Bertz CT molecular complexity index is 371. The van der Waals surface area contributed by atoms with Gasteiger partial charge in [-0.2, -0.15) is 0 Å². The van der Waals surface area contributed by atoms with Gasteiger partial charge in [0.25, 0.3) is 5.91 Å². The van der Waals surface area contributed by atoms with Crippen molar-refractivity contribution < 1.29 is 9.18 Å². The lowest BCUT2D eigenvalue weighted by Crippen LogP contribution is -2.25. The molecule has 0 saturated carbocycles. The molecule has 0 radical (unpaired) electrons. The van der Waals surface area contributed by atoms with Crippen molar-refractivity contribution in [1.82, 2.24) is 5.32 Å². The molecule has 0 saturated heterocycles. The van der Waals surface area contributed by atoms with Gasteiger partial charge in [-0.15, -0.1) is 0 Å². The van der Waals surface area contributed by atoms with Crippen LogP contribution in [0.25, 0.3) is 0 Å². The first kappa shape index (κ1) is 12.9. The first-order chi connectivity index (χ1) is 7.65. The van der Waals surface area contributed by atoms with Crippen LogP contribution in [0, 0.1) is 5.82 Å². The Morgan fingerprint density at radius 3 is 2.81 bits per heavy atom. The van der Waals surface area contributed by atoms with Gasteiger partial charge in [-0.05, 0) is 37.6 Å². The summed E-state index contributed by atoms with van der Waals surface area (Å²) in [6.45, 7) is 1.09. The summed E-state index contributed by atoms with van der Waals surface area (Å²) in [6, 6.07) is 3.98. The summed E-state index contributed by atoms with van der Waals surface area (Å²) in [5, 5.41) is 2.89. The van der Waals surface area contributed by atoms with Crippen molar-refractivity contribution in [3.63, 3.8) is 0 Å². The van der Waals surface area contributed by atoms with E-state index in [1.165, 1.54) is 12.1 Å². The van der Waals surface area contributed by atoms with Gasteiger partial charge < -0.3 is 11.1 Å². The molecule has 88 valence electrons. The maximum Gasteiger partial charge on any atom is 0.254 e. The molecule has 0 unspecified atom stereocenters. The standard InChI is InChI=1S/C11H14ClFN2O/c12-8-3-4-9(10(13)7-8)11(16)15-6-2-1-5-14/h3-4,7H,1-2,5-6,14H2,(H,15,16). The predicted octanol–water partition coefficient (Wildman–Crippen LogP) is 1.95. The number of nitrogens with two attached hydrogens (primary N) is 1. The molecule has 0 aliphatic carbocycles. The van der Waals surface area contributed by atoms with Gasteiger partial charge in [-0.1, -0.05) is 11.6 Å². The van der Waals surface area contributed by atoms with Crippen LogP contribution in [0.1, 0.15) is 23.2 Å². The van der Waals surface area contributed by atoms with E-state index in [1.54, 1.807) is 0 Å². The lowest BCUT2D eigenvalue weighted by Gasteiger charge is -2.05. The van der Waals surface area contributed by atoms with Crippen molar-refractivity contribution in [1.29, 1.82) is 0 Å². The molecule has 1 rings (SSSR count). The summed E-state index contributed by atoms with van der Waals surface area (Å²) in [4.78, 5) is 11.5. The minimum Gasteiger partial charge on any atom is -0.352 e. The van der Waals surface area contributed by atoms with E-state index in [0.29, 0.717) is 13.1 Å². The lowest BCUT2D eigenvalue weighted by atomic mass is 10.2. The molecule has 0 aromatic heterocycles. The first-order valence-corrected chi connectivity index (χ1v) is 5.46. The van der Waals surface area contributed by atoms with E-state index < -0.39 is 11.7 Å². The molecule has 0 fully saturated rings. The number of nitrogens with one attached hydrogen (secondary N) is 1. The zero-order chi connectivity index (χ0) is 12.0. The van der Waals surface area contributed by atoms with Crippen molar-refractivity contribution >= 4 is 17.5 Å². The molecule has 1 aromatic carbocycles. The molecule has 5 heteroatoms. The maximum atomic E-state index is 13.3. The Balaban J connectivity index is 2.53. The van der Waals surface area contributed by atoms with Crippen LogP contribution >= 0.6 is 11.6 Å². The van der Waals surface area contributed by atoms with Crippen LogP contribution in [0.3, 0.4) is 0 Å². The third-order valence-electron chi connectivity index (χ3n) is 2.09. The Hall–Kier alpha value is -1.13. The highest BCUT2D eigenvalue weighted by Gasteiger charge is 2.10. The van der Waals surface area contributed by atoms with Gasteiger partial charge in [0.15, 0.2) is 0 Å². The van der Waals surface area contributed by atoms with Gasteiger partial charge >= 0.3 is 0 Å². The van der Waals surface area contributed by atoms with Crippen LogP contribution in [0.4, 0.5) is 4.39 Å². The number of rotatable bonds is 5. The number of carbonyl (C=O) groups is 1. The van der Waals surface area contributed by atoms with Crippen molar-refractivity contribution in [3.8, 4) is 0 Å². The highest BCUT2D eigenvalue weighted by atomic mass is 35.5. The minimum absolute atomic E-state index is 0.0112. The second-order valence-corrected chi connectivity index (χ2v) is 3.81. The number of carbonyl (C=O) groups excluding carboxylic acids is 1. The number of hydrogen-bond donors (Lipinski definition) is 2. The summed E-state index contributed by atoms with van der Waals surface area (Å²) >= 11 is 5.58. The van der Waals surface area contributed by atoms with Crippen molar-refractivity contribution in [2.24, 2.45) is 5.73 Å². The SMILES string of the molecule is NCCCCNC(=O)c1ccc(Cl)cc1F. The molecule has 16 heavy (non-hydrogen) atoms. The highest BCUT2D eigenvalue weighted by molar-refractivity contribution is 6.30. The third kappa shape index (κ3) is 3.79. The Morgan fingerprint density at radius 1 is 1.44 bits per heavy atom. The number of halogens is 2. The summed E-state index contributed by atoms with van der Waals surface area (Å²) in [5.74, 6) is -1.03. The van der Waals surface area contributed by atoms with Crippen LogP contribution in [0.2, 0.25) is 5.02 Å². The molecule has 3 N–H and O–H groups in total. The van der Waals surface area contributed by atoms with Crippen LogP contribution in [-0.4, -0.2) is 19.0 Å². The fourth-order valence-corrected chi connectivity index (χ4v) is 1.40. The van der Waals surface area contributed by atoms with E-state index in [4.69, 9.17) is 17.3 Å². The van der Waals surface area contributed by atoms with Crippen LogP contribution in [0.15, 0.2) is 18.2 Å². The van der Waals surface area contributed by atoms with E-state index in [9.17, 15) is 9.18 Å². The van der Waals surface area contributed by atoms with Gasteiger partial charge in [0, 0.05) is 11.6 Å². The minimum atomic E-state index is -0.608. The van der Waals surface area contributed by atoms with Gasteiger partial charge in [-0.3, -0.25) is 4.79 Å². The van der Waals surface area contributed by atoms with Gasteiger partial charge in [0.05, 0.1) is 5.56 Å². The smallest absolute Gasteiger partial charge is 0.254 e. The Kier molecular flexibility index (Phi) is 5.22. The largest absolute Gasteiger partial charge is 0.352 e. The fraction of sp³-hybridized carbons (Fsp3) is 0.364. The van der Waals surface area contributed by atoms with Crippen LogP contribution in [0.5, 0.6) is 0 Å². The second-order valence-electron chi connectivity index (χ2n) is 3.38. The zero-order valence-corrected chi connectivity index (χ0v) is 9.56. The molecule has 0 aliphatic rings. The first-order valence-electron chi connectivity index (χ1n) is 5.08. The molecule has 1 amide bonds. The molecule has 0 spiro atoms. The van der Waals surface area contributed by atoms with Gasteiger partial charge in [-0.25, -0.2) is 4.39 Å². The van der Waals surface area contributed by atoms with E-state index in [2.05, 4.69) is 5.32 Å². The van der Waals surface area contributed by atoms with E-state index >= 15 is 0 Å². The topological polar surface area (TPSA) is 55.1 Å². The molecular weight excluding hydrogens is 231 g/mol. The van der Waals surface area contributed by atoms with E-state index in [-0.39, 0.29) is 10.6 Å². The molecule has 0 bridgehead atoms. The molecule has 1 aromatic rings. The van der Waals surface area contributed by atoms with Crippen LogP contribution in [-0.2, 0) is 0 Å². The quantitative estimate of drug-likeness (QED) is 0.778. The average Bonchev–Trinajstić information content (AvgIpc) is 2.24. The Morgan fingerprint density at radius 2 is 2.19 bits per heavy atom. The number of hydrogen-bond acceptors (Lipinski definition) is 2. The van der Waals surface area contributed by atoms with Crippen molar-refractivity contribution in [2.45, 2.75) is 12.8 Å². The molecule has 0 aliphatic heterocycles. The van der Waals surface area contributed by atoms with E-state index in [1.807, 2.05) is 0 Å². The maximum absolute atomic E-state index is 13.3.